The summed E-state index contributed by atoms with van der Waals surface area (Å²) in [6.45, 7) is 17.3. The summed E-state index contributed by atoms with van der Waals surface area (Å²) in [5, 5.41) is 6.40. The van der Waals surface area contributed by atoms with Gasteiger partial charge in [0, 0.05) is 17.0 Å². The third kappa shape index (κ3) is 7.32. The van der Waals surface area contributed by atoms with Crippen LogP contribution in [0.25, 0.3) is 32.3 Å². The fraction of sp³-hybridized carbons (Fsp3) is 0.156. The van der Waals surface area contributed by atoms with Crippen molar-refractivity contribution in [3.8, 4) is 35.3 Å². The third-order valence-electron chi connectivity index (χ3n) is 8.31. The van der Waals surface area contributed by atoms with E-state index in [-0.39, 0.29) is 12.5 Å². The Hall–Kier alpha value is -5.92. The van der Waals surface area contributed by atoms with Crippen molar-refractivity contribution >= 4 is 32.3 Å². The molecule has 0 heterocycles. The second kappa shape index (κ2) is 14.9. The largest absolute Gasteiger partial charge is 0.489 e. The Morgan fingerprint density at radius 1 is 0.653 bits per heavy atom. The first kappa shape index (κ1) is 33.0. The van der Waals surface area contributed by atoms with Gasteiger partial charge in [-0.2, -0.15) is 0 Å². The maximum absolute atomic E-state index is 6.59. The van der Waals surface area contributed by atoms with E-state index in [9.17, 15) is 0 Å². The molecule has 0 saturated heterocycles. The quantitative estimate of drug-likeness (QED) is 0.0672. The summed E-state index contributed by atoms with van der Waals surface area (Å²) in [5.74, 6) is 5.26. The van der Waals surface area contributed by atoms with E-state index in [2.05, 4.69) is 105 Å². The van der Waals surface area contributed by atoms with Crippen molar-refractivity contribution < 1.29 is 18.9 Å². The number of ether oxygens (including phenoxy) is 4. The molecule has 6 aromatic rings. The van der Waals surface area contributed by atoms with E-state index in [1.165, 1.54) is 0 Å². The van der Waals surface area contributed by atoms with Crippen molar-refractivity contribution in [2.24, 2.45) is 0 Å². The summed E-state index contributed by atoms with van der Waals surface area (Å²) in [7, 11) is 0. The van der Waals surface area contributed by atoms with Crippen molar-refractivity contribution in [1.29, 1.82) is 0 Å². The standard InChI is InChI=1S/C45H40O4/c1-7-23-46-37-17-19-39-34(26-37)15-21-41(47-24-8-2)44(39)43(36-14-13-32-11-9-10-12-33(32)25-36)45-40-20-18-38(48-28-30(3)4)27-35(40)16-22-42(45)49-29-31(5)6/h1,8-22,25-27,43H,2-3,5,23-24,28-29H2,4,6H3. The molecule has 4 nitrogen and oxygen atoms in total. The highest BCUT2D eigenvalue weighted by atomic mass is 16.5. The fourth-order valence-electron chi connectivity index (χ4n) is 6.20. The predicted octanol–water partition coefficient (Wildman–Crippen LogP) is 10.8. The number of terminal acetylenes is 1. The van der Waals surface area contributed by atoms with E-state index in [1.54, 1.807) is 6.08 Å². The second-order valence-corrected chi connectivity index (χ2v) is 12.3. The number of hydrogen-bond donors (Lipinski definition) is 0. The average Bonchev–Trinajstić information content (AvgIpc) is 3.11. The van der Waals surface area contributed by atoms with Gasteiger partial charge in [-0.1, -0.05) is 98.5 Å². The number of rotatable bonds is 14. The Balaban J connectivity index is 1.69. The molecule has 0 aliphatic carbocycles. The Bertz CT molecular complexity index is 2240. The van der Waals surface area contributed by atoms with E-state index >= 15 is 0 Å². The first-order valence-electron chi connectivity index (χ1n) is 16.3. The van der Waals surface area contributed by atoms with Crippen LogP contribution in [0, 0.1) is 12.3 Å². The summed E-state index contributed by atoms with van der Waals surface area (Å²) < 4.78 is 24.9. The molecular formula is C45H40O4. The van der Waals surface area contributed by atoms with Gasteiger partial charge in [0.15, 0.2) is 0 Å². The molecule has 6 aromatic carbocycles. The molecule has 0 fully saturated rings. The van der Waals surface area contributed by atoms with Crippen LogP contribution >= 0.6 is 0 Å². The molecule has 1 unspecified atom stereocenters. The average molecular weight is 645 g/mol. The van der Waals surface area contributed by atoms with Crippen LogP contribution in [0.4, 0.5) is 0 Å². The Kier molecular flexibility index (Phi) is 10.0. The molecule has 0 aliphatic heterocycles. The Labute approximate surface area is 288 Å². The molecular weight excluding hydrogens is 604 g/mol. The molecule has 0 radical (unpaired) electrons. The summed E-state index contributed by atoms with van der Waals surface area (Å²) in [6.07, 6.45) is 7.27. The highest BCUT2D eigenvalue weighted by Crippen LogP contribution is 2.48. The van der Waals surface area contributed by atoms with Crippen molar-refractivity contribution in [2.45, 2.75) is 19.8 Å². The van der Waals surface area contributed by atoms with Gasteiger partial charge in [-0.15, -0.1) is 6.42 Å². The van der Waals surface area contributed by atoms with Crippen LogP contribution in [0.2, 0.25) is 0 Å². The molecule has 0 aromatic heterocycles. The Morgan fingerprint density at radius 2 is 1.22 bits per heavy atom. The van der Waals surface area contributed by atoms with Gasteiger partial charge in [0.2, 0.25) is 0 Å². The molecule has 4 heteroatoms. The zero-order valence-electron chi connectivity index (χ0n) is 28.1. The van der Waals surface area contributed by atoms with E-state index in [0.717, 1.165) is 77.4 Å². The number of fused-ring (bicyclic) bond motifs is 3. The third-order valence-corrected chi connectivity index (χ3v) is 8.31. The minimum atomic E-state index is -0.309. The van der Waals surface area contributed by atoms with Gasteiger partial charge < -0.3 is 18.9 Å². The van der Waals surface area contributed by atoms with Crippen molar-refractivity contribution in [2.75, 3.05) is 26.4 Å². The van der Waals surface area contributed by atoms with Gasteiger partial charge in [0.05, 0.1) is 0 Å². The van der Waals surface area contributed by atoms with Gasteiger partial charge in [-0.3, -0.25) is 0 Å². The molecule has 0 aliphatic rings. The Morgan fingerprint density at radius 3 is 1.84 bits per heavy atom. The SMILES string of the molecule is C#CCOc1ccc2c(C(c3ccc4ccccc4c3)c3c(OCC(=C)C)ccc4cc(OCC(=C)C)ccc34)c(OCC=C)ccc2c1. The molecule has 244 valence electrons. The van der Waals surface area contributed by atoms with E-state index in [1.807, 2.05) is 38.1 Å². The van der Waals surface area contributed by atoms with Crippen LogP contribution in [-0.2, 0) is 0 Å². The fourth-order valence-corrected chi connectivity index (χ4v) is 6.20. The molecule has 0 bridgehead atoms. The highest BCUT2D eigenvalue weighted by molar-refractivity contribution is 5.95. The van der Waals surface area contributed by atoms with Crippen molar-refractivity contribution in [3.05, 3.63) is 157 Å². The lowest BCUT2D eigenvalue weighted by Crippen LogP contribution is -2.11. The minimum absolute atomic E-state index is 0.191. The zero-order chi connectivity index (χ0) is 34.3. The van der Waals surface area contributed by atoms with Gasteiger partial charge >= 0.3 is 0 Å². The number of benzene rings is 6. The first-order valence-corrected chi connectivity index (χ1v) is 16.3. The minimum Gasteiger partial charge on any atom is -0.489 e. The van der Waals surface area contributed by atoms with Gasteiger partial charge in [0.1, 0.15) is 49.4 Å². The lowest BCUT2D eigenvalue weighted by atomic mass is 9.79. The second-order valence-electron chi connectivity index (χ2n) is 12.3. The van der Waals surface area contributed by atoms with Gasteiger partial charge in [-0.25, -0.2) is 0 Å². The van der Waals surface area contributed by atoms with Crippen LogP contribution in [0.5, 0.6) is 23.0 Å². The van der Waals surface area contributed by atoms with Crippen LogP contribution in [0.1, 0.15) is 36.5 Å². The molecule has 0 N–H and O–H groups in total. The van der Waals surface area contributed by atoms with Crippen LogP contribution in [-0.4, -0.2) is 26.4 Å². The summed E-state index contributed by atoms with van der Waals surface area (Å²) >= 11 is 0. The monoisotopic (exact) mass is 644 g/mol. The van der Waals surface area contributed by atoms with Crippen LogP contribution < -0.4 is 18.9 Å². The first-order chi connectivity index (χ1) is 23.9. The summed E-state index contributed by atoms with van der Waals surface area (Å²) in [6, 6.07) is 35.6. The highest BCUT2D eigenvalue weighted by Gasteiger charge is 2.29. The smallest absolute Gasteiger partial charge is 0.148 e. The lowest BCUT2D eigenvalue weighted by molar-refractivity contribution is 0.347. The summed E-state index contributed by atoms with van der Waals surface area (Å²) in [5.41, 5.74) is 5.00. The van der Waals surface area contributed by atoms with Crippen molar-refractivity contribution in [1.82, 2.24) is 0 Å². The topological polar surface area (TPSA) is 36.9 Å². The molecule has 1 atom stereocenters. The van der Waals surface area contributed by atoms with Crippen LogP contribution in [0.15, 0.2) is 140 Å². The van der Waals surface area contributed by atoms with E-state index in [0.29, 0.717) is 25.6 Å². The molecule has 49 heavy (non-hydrogen) atoms. The molecule has 0 amide bonds. The molecule has 0 spiro atoms. The molecule has 6 rings (SSSR count). The number of hydrogen-bond acceptors (Lipinski definition) is 4. The molecule has 0 saturated carbocycles. The normalized spacial score (nSPS) is 11.5. The van der Waals surface area contributed by atoms with Gasteiger partial charge in [-0.05, 0) is 99.3 Å². The maximum Gasteiger partial charge on any atom is 0.148 e. The zero-order valence-corrected chi connectivity index (χ0v) is 28.1. The lowest BCUT2D eigenvalue weighted by Gasteiger charge is -2.27. The van der Waals surface area contributed by atoms with Gasteiger partial charge in [0.25, 0.3) is 0 Å². The maximum atomic E-state index is 6.59. The summed E-state index contributed by atoms with van der Waals surface area (Å²) in [4.78, 5) is 0. The predicted molar refractivity (Wildman–Crippen MR) is 203 cm³/mol. The van der Waals surface area contributed by atoms with E-state index < -0.39 is 0 Å². The van der Waals surface area contributed by atoms with Crippen LogP contribution in [0.3, 0.4) is 0 Å². The van der Waals surface area contributed by atoms with E-state index in [4.69, 9.17) is 25.4 Å². The van der Waals surface area contributed by atoms with Crippen molar-refractivity contribution in [3.63, 3.8) is 0 Å².